The Kier molecular flexibility index (Phi) is 3.59. The summed E-state index contributed by atoms with van der Waals surface area (Å²) in [4.78, 5) is 23.5. The maximum absolute atomic E-state index is 12.8. The van der Waals surface area contributed by atoms with Gasteiger partial charge in [-0.1, -0.05) is 23.2 Å². The number of carbonyl (C=O) groups is 1. The quantitative estimate of drug-likeness (QED) is 0.692. The molecule has 0 fully saturated rings. The van der Waals surface area contributed by atoms with Crippen LogP contribution in [0.15, 0.2) is 18.2 Å². The number of aromatic nitrogens is 2. The van der Waals surface area contributed by atoms with Crippen LogP contribution in [0.1, 0.15) is 26.1 Å². The van der Waals surface area contributed by atoms with Crippen molar-refractivity contribution in [3.63, 3.8) is 0 Å². The molecular formula is C16H13Cl2N3OS. The van der Waals surface area contributed by atoms with E-state index in [2.05, 4.69) is 9.97 Å². The molecule has 0 bridgehead atoms. The van der Waals surface area contributed by atoms with Crippen molar-refractivity contribution in [3.8, 4) is 0 Å². The Hall–Kier alpha value is -1.56. The molecule has 3 heterocycles. The fourth-order valence-corrected chi connectivity index (χ4v) is 4.31. The molecule has 1 aliphatic heterocycles. The molecule has 0 spiro atoms. The van der Waals surface area contributed by atoms with Gasteiger partial charge < -0.3 is 9.88 Å². The first-order chi connectivity index (χ1) is 11.0. The van der Waals surface area contributed by atoms with E-state index in [0.29, 0.717) is 28.8 Å². The predicted octanol–water partition coefficient (Wildman–Crippen LogP) is 4.44. The third-order valence-electron chi connectivity index (χ3n) is 4.05. The summed E-state index contributed by atoms with van der Waals surface area (Å²) in [5.41, 5.74) is 2.48. The lowest BCUT2D eigenvalue weighted by Crippen LogP contribution is -2.35. The van der Waals surface area contributed by atoms with Gasteiger partial charge >= 0.3 is 0 Å². The lowest BCUT2D eigenvalue weighted by molar-refractivity contribution is 0.0731. The van der Waals surface area contributed by atoms with E-state index in [1.54, 1.807) is 23.5 Å². The third-order valence-corrected chi connectivity index (χ3v) is 5.86. The van der Waals surface area contributed by atoms with Crippen LogP contribution < -0.4 is 0 Å². The van der Waals surface area contributed by atoms with Crippen molar-refractivity contribution in [2.45, 2.75) is 19.9 Å². The normalized spacial score (nSPS) is 14.3. The van der Waals surface area contributed by atoms with Crippen molar-refractivity contribution in [1.82, 2.24) is 14.9 Å². The molecule has 0 unspecified atom stereocenters. The summed E-state index contributed by atoms with van der Waals surface area (Å²) in [5, 5.41) is 2.78. The minimum Gasteiger partial charge on any atom is -0.350 e. The highest BCUT2D eigenvalue weighted by Gasteiger charge is 2.25. The fourth-order valence-electron chi connectivity index (χ4n) is 2.93. The number of fused-ring (bicyclic) bond motifs is 2. The Morgan fingerprint density at radius 3 is 3.04 bits per heavy atom. The number of aryl methyl sites for hydroxylation is 1. The first-order valence-corrected chi connectivity index (χ1v) is 8.81. The highest BCUT2D eigenvalue weighted by Crippen LogP contribution is 2.32. The summed E-state index contributed by atoms with van der Waals surface area (Å²) in [6.07, 6.45) is 0.804. The van der Waals surface area contributed by atoms with Crippen LogP contribution >= 0.6 is 34.5 Å². The van der Waals surface area contributed by atoms with Crippen molar-refractivity contribution in [1.29, 1.82) is 0 Å². The molecule has 1 amide bonds. The van der Waals surface area contributed by atoms with E-state index in [9.17, 15) is 4.79 Å². The Morgan fingerprint density at radius 1 is 1.39 bits per heavy atom. The van der Waals surface area contributed by atoms with Gasteiger partial charge in [-0.3, -0.25) is 4.79 Å². The summed E-state index contributed by atoms with van der Waals surface area (Å²) in [5.74, 6) is -0.0231. The van der Waals surface area contributed by atoms with E-state index < -0.39 is 0 Å². The summed E-state index contributed by atoms with van der Waals surface area (Å²) in [6, 6.07) is 5.34. The van der Waals surface area contributed by atoms with E-state index in [1.807, 2.05) is 17.9 Å². The molecule has 3 aromatic rings. The molecule has 0 atom stereocenters. The second kappa shape index (κ2) is 5.51. The molecule has 23 heavy (non-hydrogen) atoms. The van der Waals surface area contributed by atoms with E-state index in [0.717, 1.165) is 28.0 Å². The lowest BCUT2D eigenvalue weighted by Gasteiger charge is -2.25. The molecule has 2 aromatic heterocycles. The highest BCUT2D eigenvalue weighted by atomic mass is 35.5. The maximum atomic E-state index is 12.8. The second-order valence-electron chi connectivity index (χ2n) is 5.59. The van der Waals surface area contributed by atoms with Gasteiger partial charge in [0, 0.05) is 28.7 Å². The Balaban J connectivity index is 1.66. The second-order valence-corrected chi connectivity index (χ2v) is 7.66. The minimum absolute atomic E-state index is 0.0231. The third kappa shape index (κ3) is 2.53. The smallest absolute Gasteiger partial charge is 0.270 e. The summed E-state index contributed by atoms with van der Waals surface area (Å²) in [7, 11) is 0. The highest BCUT2D eigenvalue weighted by molar-refractivity contribution is 7.11. The Morgan fingerprint density at radius 2 is 2.22 bits per heavy atom. The number of nitrogens with zero attached hydrogens (tertiary/aromatic N) is 2. The van der Waals surface area contributed by atoms with Gasteiger partial charge in [-0.15, -0.1) is 11.3 Å². The average molecular weight is 366 g/mol. The van der Waals surface area contributed by atoms with Crippen LogP contribution in [-0.2, 0) is 13.0 Å². The van der Waals surface area contributed by atoms with Gasteiger partial charge in [-0.25, -0.2) is 4.98 Å². The number of halogens is 2. The molecule has 4 nitrogen and oxygen atoms in total. The largest absolute Gasteiger partial charge is 0.350 e. The number of aromatic amines is 1. The number of benzene rings is 1. The van der Waals surface area contributed by atoms with Gasteiger partial charge in [0.15, 0.2) is 0 Å². The van der Waals surface area contributed by atoms with Crippen molar-refractivity contribution in [3.05, 3.63) is 49.5 Å². The zero-order chi connectivity index (χ0) is 16.1. The van der Waals surface area contributed by atoms with Crippen LogP contribution in [-0.4, -0.2) is 27.3 Å². The zero-order valence-electron chi connectivity index (χ0n) is 12.3. The van der Waals surface area contributed by atoms with Crippen LogP contribution in [0.3, 0.4) is 0 Å². The van der Waals surface area contributed by atoms with Crippen LogP contribution in [0.2, 0.25) is 10.0 Å². The van der Waals surface area contributed by atoms with Crippen molar-refractivity contribution < 1.29 is 4.79 Å². The Bertz CT molecular complexity index is 931. The van der Waals surface area contributed by atoms with Crippen molar-refractivity contribution >= 4 is 51.3 Å². The minimum atomic E-state index is -0.0231. The molecule has 118 valence electrons. The van der Waals surface area contributed by atoms with Gasteiger partial charge in [0.05, 0.1) is 27.3 Å². The summed E-state index contributed by atoms with van der Waals surface area (Å²) < 4.78 is 0. The molecule has 0 radical (unpaired) electrons. The van der Waals surface area contributed by atoms with E-state index in [1.165, 1.54) is 4.88 Å². The van der Waals surface area contributed by atoms with E-state index >= 15 is 0 Å². The monoisotopic (exact) mass is 365 g/mol. The van der Waals surface area contributed by atoms with E-state index in [4.69, 9.17) is 23.2 Å². The fraction of sp³-hybridized carbons (Fsp3) is 0.250. The zero-order valence-corrected chi connectivity index (χ0v) is 14.6. The lowest BCUT2D eigenvalue weighted by atomic mass is 10.1. The summed E-state index contributed by atoms with van der Waals surface area (Å²) in [6.45, 7) is 3.29. The van der Waals surface area contributed by atoms with E-state index in [-0.39, 0.29) is 5.91 Å². The first kappa shape index (κ1) is 15.0. The van der Waals surface area contributed by atoms with Crippen molar-refractivity contribution in [2.24, 2.45) is 0 Å². The van der Waals surface area contributed by atoms with Gasteiger partial charge in [-0.05, 0) is 25.1 Å². The van der Waals surface area contributed by atoms with Crippen LogP contribution in [0.5, 0.6) is 0 Å². The molecule has 0 aliphatic carbocycles. The molecule has 1 N–H and O–H groups in total. The molecule has 4 rings (SSSR count). The SMILES string of the molecule is Cc1nc2c(s1)CN(C(=O)c1cc3c(Cl)c(Cl)ccc3[nH]1)CC2. The number of hydrogen-bond donors (Lipinski definition) is 1. The topological polar surface area (TPSA) is 49.0 Å². The predicted molar refractivity (Wildman–Crippen MR) is 93.6 cm³/mol. The standard InChI is InChI=1S/C16H13Cl2N3OS/c1-8-19-12-4-5-21(7-14(12)23-8)16(22)13-6-9-11(20-13)3-2-10(17)15(9)18/h2-3,6,20H,4-5,7H2,1H3. The number of nitrogens with one attached hydrogen (secondary N) is 1. The van der Waals surface area contributed by atoms with Crippen molar-refractivity contribution in [2.75, 3.05) is 6.54 Å². The van der Waals surface area contributed by atoms with Crippen LogP contribution in [0, 0.1) is 6.92 Å². The number of amides is 1. The van der Waals surface area contributed by atoms with Gasteiger partial charge in [-0.2, -0.15) is 0 Å². The molecule has 1 aromatic carbocycles. The van der Waals surface area contributed by atoms with Crippen LogP contribution in [0.4, 0.5) is 0 Å². The van der Waals surface area contributed by atoms with Gasteiger partial charge in [0.1, 0.15) is 5.69 Å². The van der Waals surface area contributed by atoms with Gasteiger partial charge in [0.25, 0.3) is 5.91 Å². The first-order valence-electron chi connectivity index (χ1n) is 7.24. The van der Waals surface area contributed by atoms with Crippen LogP contribution in [0.25, 0.3) is 10.9 Å². The molecule has 0 saturated carbocycles. The average Bonchev–Trinajstić information content (AvgIpc) is 3.12. The molecule has 0 saturated heterocycles. The number of carbonyl (C=O) groups excluding carboxylic acids is 1. The summed E-state index contributed by atoms with van der Waals surface area (Å²) >= 11 is 13.9. The molecular weight excluding hydrogens is 353 g/mol. The number of hydrogen-bond acceptors (Lipinski definition) is 3. The van der Waals surface area contributed by atoms with Gasteiger partial charge in [0.2, 0.25) is 0 Å². The molecule has 1 aliphatic rings. The molecule has 7 heteroatoms. The number of thiazole rings is 1. The Labute approximate surface area is 147 Å². The maximum Gasteiger partial charge on any atom is 0.270 e. The number of rotatable bonds is 1. The number of H-pyrrole nitrogens is 1.